The summed E-state index contributed by atoms with van der Waals surface area (Å²) in [5.74, 6) is -0.800. The zero-order chi connectivity index (χ0) is 17.6. The maximum atomic E-state index is 14.5. The molecule has 5 nitrogen and oxygen atoms in total. The van der Waals surface area contributed by atoms with Crippen molar-refractivity contribution in [3.63, 3.8) is 0 Å². The van der Waals surface area contributed by atoms with Gasteiger partial charge in [0.1, 0.15) is 11.5 Å². The van der Waals surface area contributed by atoms with Crippen LogP contribution >= 0.6 is 23.4 Å². The molecule has 1 amide bonds. The average Bonchev–Trinajstić information content (AvgIpc) is 2.61. The number of nitrogens with one attached hydrogen (secondary N) is 1. The van der Waals surface area contributed by atoms with Crippen LogP contribution in [-0.4, -0.2) is 22.3 Å². The number of amides is 1. The molecule has 2 aliphatic rings. The van der Waals surface area contributed by atoms with Crippen molar-refractivity contribution in [2.24, 2.45) is 10.1 Å². The molecular formula is C17H12ClFN4OS. The lowest BCUT2D eigenvalue weighted by molar-refractivity contribution is -0.116. The number of nitrogens with zero attached hydrogens (tertiary/aromatic N) is 3. The molecule has 0 saturated carbocycles. The number of carbonyl (C=O) groups excluding carboxylic acids is 1. The van der Waals surface area contributed by atoms with Gasteiger partial charge in [-0.1, -0.05) is 47.6 Å². The molecule has 0 radical (unpaired) electrons. The molecule has 25 heavy (non-hydrogen) atoms. The smallest absolute Gasteiger partial charge is 0.276 e. The number of fused-ring (bicyclic) bond motifs is 2. The summed E-state index contributed by atoms with van der Waals surface area (Å²) < 4.78 is 14.5. The Kier molecular flexibility index (Phi) is 3.97. The molecule has 2 aromatic rings. The molecule has 0 aromatic heterocycles. The van der Waals surface area contributed by atoms with E-state index < -0.39 is 12.0 Å². The normalized spacial score (nSPS) is 18.8. The van der Waals surface area contributed by atoms with Crippen molar-refractivity contribution < 1.29 is 9.18 Å². The molecule has 8 heteroatoms. The summed E-state index contributed by atoms with van der Waals surface area (Å²) in [5, 5.41) is 10.5. The molecular weight excluding hydrogens is 363 g/mol. The van der Waals surface area contributed by atoms with Gasteiger partial charge in [0, 0.05) is 5.22 Å². The van der Waals surface area contributed by atoms with Gasteiger partial charge in [0.15, 0.2) is 11.3 Å². The largest absolute Gasteiger partial charge is 0.298 e. The molecule has 0 bridgehead atoms. The topological polar surface area (TPSA) is 57.1 Å². The van der Waals surface area contributed by atoms with E-state index in [2.05, 4.69) is 15.4 Å². The minimum atomic E-state index is -0.855. The van der Waals surface area contributed by atoms with Gasteiger partial charge in [-0.3, -0.25) is 15.1 Å². The second kappa shape index (κ2) is 6.16. The van der Waals surface area contributed by atoms with Crippen LogP contribution in [0.3, 0.4) is 0 Å². The molecule has 0 unspecified atom stereocenters. The molecule has 1 atom stereocenters. The van der Waals surface area contributed by atoms with Crippen LogP contribution in [0.25, 0.3) is 5.70 Å². The van der Waals surface area contributed by atoms with Crippen molar-refractivity contribution in [3.8, 4) is 0 Å². The summed E-state index contributed by atoms with van der Waals surface area (Å²) in [7, 11) is 0. The summed E-state index contributed by atoms with van der Waals surface area (Å²) in [6.07, 6.45) is 0.941. The number of hydrazone groups is 1. The molecule has 2 heterocycles. The number of hydrogen-bond acceptors (Lipinski definition) is 5. The average molecular weight is 375 g/mol. The Balaban J connectivity index is 2.04. The van der Waals surface area contributed by atoms with Crippen LogP contribution in [0.15, 0.2) is 52.6 Å². The number of rotatable bonds is 1. The zero-order valence-electron chi connectivity index (χ0n) is 13.0. The van der Waals surface area contributed by atoms with Gasteiger partial charge >= 0.3 is 0 Å². The molecule has 0 spiro atoms. The van der Waals surface area contributed by atoms with Gasteiger partial charge in [-0.2, -0.15) is 0 Å². The minimum absolute atomic E-state index is 0.190. The first-order chi connectivity index (χ1) is 12.1. The minimum Gasteiger partial charge on any atom is -0.298 e. The number of para-hydroxylation sites is 1. The molecule has 1 N–H and O–H groups in total. The maximum Gasteiger partial charge on any atom is 0.276 e. The maximum absolute atomic E-state index is 14.5. The van der Waals surface area contributed by atoms with Crippen molar-refractivity contribution in [2.45, 2.75) is 6.17 Å². The van der Waals surface area contributed by atoms with E-state index in [0.717, 1.165) is 0 Å². The third kappa shape index (κ3) is 2.60. The predicted octanol–water partition coefficient (Wildman–Crippen LogP) is 1.99. The summed E-state index contributed by atoms with van der Waals surface area (Å²) in [4.78, 5) is 17.3. The second-order valence-corrected chi connectivity index (χ2v) is 6.61. The third-order valence-corrected chi connectivity index (χ3v) is 4.87. The van der Waals surface area contributed by atoms with E-state index >= 15 is 0 Å². The van der Waals surface area contributed by atoms with Gasteiger partial charge in [-0.25, -0.2) is 9.40 Å². The number of carbonyl (C=O) groups is 1. The number of amidine groups is 1. The third-order valence-electron chi connectivity index (χ3n) is 3.97. The standard InChI is InChI=1S/C17H12ClFN4OS/c1-25-17-21-16(24)14-9-5-2-3-8-12(9)20-15(23(14)22-17)13-10(18)6-4-7-11(13)19/h2-8,15H,1H3,(H,21,22,24)/t15-/m0/s1. The van der Waals surface area contributed by atoms with E-state index in [0.29, 0.717) is 21.4 Å². The molecule has 0 fully saturated rings. The number of halogens is 2. The fourth-order valence-corrected chi connectivity index (χ4v) is 3.49. The zero-order valence-corrected chi connectivity index (χ0v) is 14.6. The fourth-order valence-electron chi connectivity index (χ4n) is 2.86. The van der Waals surface area contributed by atoms with Gasteiger partial charge < -0.3 is 0 Å². The van der Waals surface area contributed by atoms with Crippen molar-refractivity contribution in [2.75, 3.05) is 6.26 Å². The van der Waals surface area contributed by atoms with Gasteiger partial charge in [-0.05, 0) is 24.5 Å². The van der Waals surface area contributed by atoms with Crippen molar-refractivity contribution >= 4 is 40.1 Å². The van der Waals surface area contributed by atoms with E-state index in [9.17, 15) is 9.18 Å². The monoisotopic (exact) mass is 374 g/mol. The van der Waals surface area contributed by atoms with E-state index in [1.54, 1.807) is 24.5 Å². The van der Waals surface area contributed by atoms with Crippen LogP contribution < -0.4 is 15.9 Å². The SMILES string of the molecule is CSC1=NN2C(=c3ccccc3=N[C@@H]2c2c(F)cccc2Cl)C(=O)N1. The summed E-state index contributed by atoms with van der Waals surface area (Å²) in [5.41, 5.74) is 0.516. The first kappa shape index (κ1) is 16.1. The van der Waals surface area contributed by atoms with Crippen molar-refractivity contribution in [3.05, 3.63) is 69.4 Å². The number of hydrogen-bond donors (Lipinski definition) is 1. The van der Waals surface area contributed by atoms with E-state index in [1.165, 1.54) is 28.9 Å². The lowest BCUT2D eigenvalue weighted by atomic mass is 10.1. The van der Waals surface area contributed by atoms with Gasteiger partial charge in [0.2, 0.25) is 0 Å². The molecule has 2 aliphatic heterocycles. The molecule has 0 saturated heterocycles. The van der Waals surface area contributed by atoms with Crippen LogP contribution in [0, 0.1) is 5.82 Å². The summed E-state index contributed by atoms with van der Waals surface area (Å²) >= 11 is 7.52. The molecule has 2 aromatic carbocycles. The summed E-state index contributed by atoms with van der Waals surface area (Å²) in [6.45, 7) is 0. The lowest BCUT2D eigenvalue weighted by Crippen LogP contribution is -2.50. The Hall–Kier alpha value is -2.38. The van der Waals surface area contributed by atoms with E-state index in [4.69, 9.17) is 11.6 Å². The highest BCUT2D eigenvalue weighted by Gasteiger charge is 2.36. The Morgan fingerprint density at radius 2 is 2.04 bits per heavy atom. The first-order valence-electron chi connectivity index (χ1n) is 7.44. The van der Waals surface area contributed by atoms with Crippen LogP contribution in [-0.2, 0) is 4.79 Å². The number of benzene rings is 2. The fraction of sp³-hybridized carbons (Fsp3) is 0.118. The highest BCUT2D eigenvalue weighted by atomic mass is 35.5. The Morgan fingerprint density at radius 3 is 2.80 bits per heavy atom. The molecule has 4 rings (SSSR count). The number of thioether (sulfide) groups is 1. The highest BCUT2D eigenvalue weighted by Crippen LogP contribution is 2.35. The Morgan fingerprint density at radius 1 is 1.24 bits per heavy atom. The Labute approximate surface area is 151 Å². The van der Waals surface area contributed by atoms with Gasteiger partial charge in [-0.15, -0.1) is 5.10 Å². The molecule has 0 aliphatic carbocycles. The van der Waals surface area contributed by atoms with Crippen LogP contribution in [0.2, 0.25) is 5.02 Å². The highest BCUT2D eigenvalue weighted by molar-refractivity contribution is 8.13. The summed E-state index contributed by atoms with van der Waals surface area (Å²) in [6, 6.07) is 11.6. The van der Waals surface area contributed by atoms with Crippen molar-refractivity contribution in [1.29, 1.82) is 0 Å². The van der Waals surface area contributed by atoms with Gasteiger partial charge in [0.25, 0.3) is 5.91 Å². The Bertz CT molecular complexity index is 1020. The lowest BCUT2D eigenvalue weighted by Gasteiger charge is -2.34. The van der Waals surface area contributed by atoms with Crippen molar-refractivity contribution in [1.82, 2.24) is 10.3 Å². The van der Waals surface area contributed by atoms with Crippen LogP contribution in [0.4, 0.5) is 4.39 Å². The molecule has 126 valence electrons. The van der Waals surface area contributed by atoms with Gasteiger partial charge in [0.05, 0.1) is 15.9 Å². The van der Waals surface area contributed by atoms with E-state index in [1.807, 2.05) is 12.1 Å². The predicted molar refractivity (Wildman–Crippen MR) is 95.7 cm³/mol. The van der Waals surface area contributed by atoms with E-state index in [-0.39, 0.29) is 16.5 Å². The van der Waals surface area contributed by atoms with Crippen LogP contribution in [0.5, 0.6) is 0 Å². The van der Waals surface area contributed by atoms with Crippen LogP contribution in [0.1, 0.15) is 11.7 Å². The second-order valence-electron chi connectivity index (χ2n) is 5.41. The first-order valence-corrected chi connectivity index (χ1v) is 9.04. The quantitative estimate of drug-likeness (QED) is 0.830.